The van der Waals surface area contributed by atoms with Crippen molar-refractivity contribution in [2.24, 2.45) is 0 Å². The molecule has 0 unspecified atom stereocenters. The fraction of sp³-hybridized carbons (Fsp3) is 0.333. The van der Waals surface area contributed by atoms with Crippen LogP contribution in [0.5, 0.6) is 5.75 Å². The summed E-state index contributed by atoms with van der Waals surface area (Å²) in [7, 11) is 1.43. The van der Waals surface area contributed by atoms with Crippen molar-refractivity contribution in [2.45, 2.75) is 13.0 Å². The number of rotatable bonds is 3. The van der Waals surface area contributed by atoms with Gasteiger partial charge in [-0.15, -0.1) is 0 Å². The number of aliphatic hydroxyl groups excluding tert-OH is 1. The zero-order valence-electron chi connectivity index (χ0n) is 7.13. The normalized spacial score (nSPS) is 10.5. The highest BCUT2D eigenvalue weighted by Gasteiger charge is 2.10. The maximum atomic E-state index is 12.2. The second-order valence-corrected chi connectivity index (χ2v) is 2.53. The van der Waals surface area contributed by atoms with E-state index in [4.69, 9.17) is 9.84 Å². The van der Waals surface area contributed by atoms with Crippen molar-refractivity contribution in [3.8, 4) is 5.75 Å². The number of hydrogen-bond donors (Lipinski definition) is 1. The number of halogens is 2. The van der Waals surface area contributed by atoms with E-state index in [1.165, 1.54) is 25.3 Å². The number of alkyl halides is 2. The van der Waals surface area contributed by atoms with Gasteiger partial charge < -0.3 is 9.84 Å². The molecule has 0 radical (unpaired) electrons. The van der Waals surface area contributed by atoms with E-state index >= 15 is 0 Å². The molecule has 0 bridgehead atoms. The molecule has 1 N–H and O–H groups in total. The van der Waals surface area contributed by atoms with Crippen LogP contribution in [-0.2, 0) is 6.61 Å². The standard InChI is InChI=1S/C9H10F2O2/c1-13-8-3-2-6(9(10)11)4-7(8)5-12/h2-4,9,12H,5H2,1H3. The van der Waals surface area contributed by atoms with Crippen LogP contribution >= 0.6 is 0 Å². The first kappa shape index (κ1) is 9.92. The summed E-state index contributed by atoms with van der Waals surface area (Å²) in [5, 5.41) is 8.83. The molecule has 0 heterocycles. The lowest BCUT2D eigenvalue weighted by Crippen LogP contribution is -1.94. The van der Waals surface area contributed by atoms with Gasteiger partial charge >= 0.3 is 0 Å². The molecule has 0 saturated heterocycles. The third-order valence-electron chi connectivity index (χ3n) is 1.73. The van der Waals surface area contributed by atoms with Crippen molar-refractivity contribution < 1.29 is 18.6 Å². The molecule has 4 heteroatoms. The van der Waals surface area contributed by atoms with Crippen LogP contribution in [0.4, 0.5) is 8.78 Å². The van der Waals surface area contributed by atoms with E-state index in [1.54, 1.807) is 0 Å². The van der Waals surface area contributed by atoms with Crippen LogP contribution in [-0.4, -0.2) is 12.2 Å². The van der Waals surface area contributed by atoms with Gasteiger partial charge in [0.05, 0.1) is 13.7 Å². The Bertz CT molecular complexity index is 287. The van der Waals surface area contributed by atoms with Gasteiger partial charge in [0, 0.05) is 11.1 Å². The predicted octanol–water partition coefficient (Wildman–Crippen LogP) is 2.13. The van der Waals surface area contributed by atoms with Crippen molar-refractivity contribution in [3.63, 3.8) is 0 Å². The molecule has 0 saturated carbocycles. The first-order valence-electron chi connectivity index (χ1n) is 3.75. The van der Waals surface area contributed by atoms with Gasteiger partial charge in [-0.25, -0.2) is 8.78 Å². The van der Waals surface area contributed by atoms with Crippen LogP contribution in [0.2, 0.25) is 0 Å². The predicted molar refractivity (Wildman–Crippen MR) is 43.9 cm³/mol. The number of ether oxygens (including phenoxy) is 1. The Kier molecular flexibility index (Phi) is 3.19. The summed E-state index contributed by atoms with van der Waals surface area (Å²) >= 11 is 0. The average Bonchev–Trinajstić information content (AvgIpc) is 2.16. The highest BCUT2D eigenvalue weighted by atomic mass is 19.3. The zero-order chi connectivity index (χ0) is 9.84. The zero-order valence-corrected chi connectivity index (χ0v) is 7.13. The van der Waals surface area contributed by atoms with Crippen molar-refractivity contribution in [1.29, 1.82) is 0 Å². The number of benzene rings is 1. The second-order valence-electron chi connectivity index (χ2n) is 2.53. The molecule has 13 heavy (non-hydrogen) atoms. The minimum atomic E-state index is -2.52. The van der Waals surface area contributed by atoms with E-state index < -0.39 is 6.43 Å². The minimum absolute atomic E-state index is 0.107. The molecule has 0 aromatic heterocycles. The second kappa shape index (κ2) is 4.18. The summed E-state index contributed by atoms with van der Waals surface area (Å²) in [6.07, 6.45) is -2.52. The molecule has 1 rings (SSSR count). The Balaban J connectivity index is 3.05. The summed E-state index contributed by atoms with van der Waals surface area (Å²) in [5.41, 5.74) is 0.269. The molecule has 1 aromatic carbocycles. The first-order valence-corrected chi connectivity index (χ1v) is 3.75. The smallest absolute Gasteiger partial charge is 0.263 e. The summed E-state index contributed by atoms with van der Waals surface area (Å²) in [6.45, 7) is -0.302. The van der Waals surface area contributed by atoms with Crippen LogP contribution in [0.3, 0.4) is 0 Å². The van der Waals surface area contributed by atoms with Crippen LogP contribution < -0.4 is 4.74 Å². The Morgan fingerprint density at radius 1 is 1.46 bits per heavy atom. The SMILES string of the molecule is COc1ccc(C(F)F)cc1CO. The van der Waals surface area contributed by atoms with E-state index in [2.05, 4.69) is 0 Å². The molecule has 0 spiro atoms. The minimum Gasteiger partial charge on any atom is -0.496 e. The molecule has 0 fully saturated rings. The van der Waals surface area contributed by atoms with E-state index in [0.717, 1.165) is 0 Å². The third kappa shape index (κ3) is 2.15. The monoisotopic (exact) mass is 188 g/mol. The molecular weight excluding hydrogens is 178 g/mol. The molecule has 0 aliphatic carbocycles. The lowest BCUT2D eigenvalue weighted by atomic mass is 10.1. The van der Waals surface area contributed by atoms with E-state index in [-0.39, 0.29) is 12.2 Å². The van der Waals surface area contributed by atoms with Crippen LogP contribution in [0.15, 0.2) is 18.2 Å². The molecule has 72 valence electrons. The average molecular weight is 188 g/mol. The highest BCUT2D eigenvalue weighted by molar-refractivity contribution is 5.37. The molecular formula is C9H10F2O2. The van der Waals surface area contributed by atoms with Crippen LogP contribution in [0, 0.1) is 0 Å². The maximum absolute atomic E-state index is 12.2. The molecule has 0 aliphatic heterocycles. The Morgan fingerprint density at radius 2 is 2.15 bits per heavy atom. The lowest BCUT2D eigenvalue weighted by molar-refractivity contribution is 0.151. The van der Waals surface area contributed by atoms with Gasteiger partial charge in [-0.2, -0.15) is 0 Å². The van der Waals surface area contributed by atoms with Gasteiger partial charge in [-0.3, -0.25) is 0 Å². The molecule has 1 aromatic rings. The fourth-order valence-electron chi connectivity index (χ4n) is 1.06. The lowest BCUT2D eigenvalue weighted by Gasteiger charge is -2.07. The molecule has 2 nitrogen and oxygen atoms in total. The Labute approximate surface area is 74.8 Å². The van der Waals surface area contributed by atoms with Crippen molar-refractivity contribution in [2.75, 3.05) is 7.11 Å². The highest BCUT2D eigenvalue weighted by Crippen LogP contribution is 2.25. The van der Waals surface area contributed by atoms with Crippen molar-refractivity contribution in [1.82, 2.24) is 0 Å². The maximum Gasteiger partial charge on any atom is 0.263 e. The molecule has 0 amide bonds. The Morgan fingerprint density at radius 3 is 2.62 bits per heavy atom. The molecule has 0 atom stereocenters. The van der Waals surface area contributed by atoms with Crippen LogP contribution in [0.1, 0.15) is 17.6 Å². The third-order valence-corrected chi connectivity index (χ3v) is 1.73. The van der Waals surface area contributed by atoms with E-state index in [0.29, 0.717) is 11.3 Å². The van der Waals surface area contributed by atoms with Gasteiger partial charge in [-0.05, 0) is 18.2 Å². The summed E-state index contributed by atoms with van der Waals surface area (Å²) in [4.78, 5) is 0. The van der Waals surface area contributed by atoms with Gasteiger partial charge in [0.15, 0.2) is 0 Å². The quantitative estimate of drug-likeness (QED) is 0.787. The summed E-state index contributed by atoms with van der Waals surface area (Å²) < 4.78 is 29.3. The first-order chi connectivity index (χ1) is 6.19. The summed E-state index contributed by atoms with van der Waals surface area (Å²) in [6, 6.07) is 3.94. The van der Waals surface area contributed by atoms with E-state index in [1.807, 2.05) is 0 Å². The van der Waals surface area contributed by atoms with Gasteiger partial charge in [0.25, 0.3) is 6.43 Å². The van der Waals surface area contributed by atoms with Gasteiger partial charge in [0.2, 0.25) is 0 Å². The van der Waals surface area contributed by atoms with Crippen LogP contribution in [0.25, 0.3) is 0 Å². The Hall–Kier alpha value is -1.16. The van der Waals surface area contributed by atoms with Crippen molar-refractivity contribution in [3.05, 3.63) is 29.3 Å². The van der Waals surface area contributed by atoms with Crippen molar-refractivity contribution >= 4 is 0 Å². The molecule has 0 aliphatic rings. The number of aliphatic hydroxyl groups is 1. The topological polar surface area (TPSA) is 29.5 Å². The van der Waals surface area contributed by atoms with Gasteiger partial charge in [0.1, 0.15) is 5.75 Å². The van der Waals surface area contributed by atoms with E-state index in [9.17, 15) is 8.78 Å². The number of hydrogen-bond acceptors (Lipinski definition) is 2. The largest absolute Gasteiger partial charge is 0.496 e. The number of methoxy groups -OCH3 is 1. The summed E-state index contributed by atoms with van der Waals surface area (Å²) in [5.74, 6) is 0.423. The fourth-order valence-corrected chi connectivity index (χ4v) is 1.06. The van der Waals surface area contributed by atoms with Gasteiger partial charge in [-0.1, -0.05) is 0 Å².